The molecule has 0 radical (unpaired) electrons. The fourth-order valence-electron chi connectivity index (χ4n) is 1.79. The standard InChI is InChI=1S/C11H17NO2/c1-10(2,3)14-9(13)12-8-4-5-11(12)6-7-11/h4,8H,5-7H2,1-3H3. The Bertz CT molecular complexity index is 284. The molecule has 1 heterocycles. The van der Waals surface area contributed by atoms with Gasteiger partial charge in [0.2, 0.25) is 0 Å². The summed E-state index contributed by atoms with van der Waals surface area (Å²) in [6, 6.07) is 0. The van der Waals surface area contributed by atoms with Gasteiger partial charge in [0.05, 0.1) is 5.54 Å². The van der Waals surface area contributed by atoms with E-state index in [2.05, 4.69) is 6.08 Å². The average molecular weight is 195 g/mol. The van der Waals surface area contributed by atoms with Crippen molar-refractivity contribution in [3.8, 4) is 0 Å². The number of rotatable bonds is 0. The molecule has 1 aliphatic heterocycles. The Morgan fingerprint density at radius 1 is 1.43 bits per heavy atom. The Kier molecular flexibility index (Phi) is 1.88. The summed E-state index contributed by atoms with van der Waals surface area (Å²) in [5, 5.41) is 0. The van der Waals surface area contributed by atoms with E-state index in [9.17, 15) is 4.79 Å². The molecule has 3 nitrogen and oxygen atoms in total. The van der Waals surface area contributed by atoms with Gasteiger partial charge in [0.15, 0.2) is 0 Å². The second kappa shape index (κ2) is 2.75. The highest BCUT2D eigenvalue weighted by molar-refractivity contribution is 5.72. The van der Waals surface area contributed by atoms with Crippen LogP contribution in [0.3, 0.4) is 0 Å². The van der Waals surface area contributed by atoms with Crippen LogP contribution >= 0.6 is 0 Å². The molecule has 0 aromatic carbocycles. The van der Waals surface area contributed by atoms with Gasteiger partial charge in [-0.05, 0) is 40.0 Å². The van der Waals surface area contributed by atoms with Gasteiger partial charge < -0.3 is 4.74 Å². The van der Waals surface area contributed by atoms with E-state index in [1.165, 1.54) is 0 Å². The highest BCUT2D eigenvalue weighted by Crippen LogP contribution is 2.48. The normalized spacial score (nSPS) is 22.9. The summed E-state index contributed by atoms with van der Waals surface area (Å²) in [5.41, 5.74) is -0.300. The van der Waals surface area contributed by atoms with Gasteiger partial charge in [-0.15, -0.1) is 0 Å². The van der Waals surface area contributed by atoms with E-state index in [1.807, 2.05) is 27.0 Å². The minimum absolute atomic E-state index is 0.0995. The molecule has 1 fully saturated rings. The lowest BCUT2D eigenvalue weighted by Crippen LogP contribution is -2.38. The zero-order valence-corrected chi connectivity index (χ0v) is 9.04. The van der Waals surface area contributed by atoms with E-state index in [-0.39, 0.29) is 11.6 Å². The van der Waals surface area contributed by atoms with Crippen LogP contribution in [0, 0.1) is 0 Å². The second-order valence-corrected chi connectivity index (χ2v) is 5.16. The van der Waals surface area contributed by atoms with E-state index in [0.717, 1.165) is 19.3 Å². The number of amides is 1. The van der Waals surface area contributed by atoms with Crippen molar-refractivity contribution in [2.45, 2.75) is 51.2 Å². The lowest BCUT2D eigenvalue weighted by Gasteiger charge is -2.27. The first-order valence-electron chi connectivity index (χ1n) is 5.12. The largest absolute Gasteiger partial charge is 0.443 e. The molecule has 0 unspecified atom stereocenters. The van der Waals surface area contributed by atoms with Crippen LogP contribution in [0.2, 0.25) is 0 Å². The minimum Gasteiger partial charge on any atom is -0.443 e. The predicted octanol–water partition coefficient (Wildman–Crippen LogP) is 2.67. The summed E-state index contributed by atoms with van der Waals surface area (Å²) in [6.07, 6.45) is 6.92. The van der Waals surface area contributed by atoms with Gasteiger partial charge in [0, 0.05) is 6.20 Å². The van der Waals surface area contributed by atoms with Crippen LogP contribution < -0.4 is 0 Å². The van der Waals surface area contributed by atoms with Crippen LogP contribution in [0.15, 0.2) is 12.3 Å². The molecule has 0 bridgehead atoms. The lowest BCUT2D eigenvalue weighted by atomic mass is 10.2. The van der Waals surface area contributed by atoms with Crippen LogP contribution in [0.4, 0.5) is 4.79 Å². The molecule has 78 valence electrons. The maximum atomic E-state index is 11.8. The Labute approximate surface area is 84.7 Å². The van der Waals surface area contributed by atoms with E-state index in [4.69, 9.17) is 4.74 Å². The summed E-state index contributed by atoms with van der Waals surface area (Å²) in [7, 11) is 0. The van der Waals surface area contributed by atoms with Gasteiger partial charge in [0.1, 0.15) is 5.60 Å². The third-order valence-corrected chi connectivity index (χ3v) is 2.68. The first-order valence-corrected chi connectivity index (χ1v) is 5.12. The van der Waals surface area contributed by atoms with E-state index < -0.39 is 5.60 Å². The molecular formula is C11H17NO2. The molecule has 1 saturated carbocycles. The topological polar surface area (TPSA) is 29.5 Å². The average Bonchev–Trinajstić information content (AvgIpc) is 2.58. The number of ether oxygens (including phenoxy) is 1. The van der Waals surface area contributed by atoms with E-state index >= 15 is 0 Å². The maximum absolute atomic E-state index is 11.8. The Balaban J connectivity index is 2.02. The lowest BCUT2D eigenvalue weighted by molar-refractivity contribution is 0.0268. The van der Waals surface area contributed by atoms with Crippen molar-refractivity contribution in [3.63, 3.8) is 0 Å². The van der Waals surface area contributed by atoms with Crippen molar-refractivity contribution in [1.82, 2.24) is 4.90 Å². The third-order valence-electron chi connectivity index (χ3n) is 2.68. The number of carbonyl (C=O) groups excluding carboxylic acids is 1. The highest BCUT2D eigenvalue weighted by atomic mass is 16.6. The molecule has 2 rings (SSSR count). The number of nitrogens with zero attached hydrogens (tertiary/aromatic N) is 1. The van der Waals surface area contributed by atoms with Gasteiger partial charge in [-0.1, -0.05) is 6.08 Å². The van der Waals surface area contributed by atoms with E-state index in [0.29, 0.717) is 0 Å². The third kappa shape index (κ3) is 1.63. The molecule has 0 aromatic heterocycles. The molecule has 1 spiro atoms. The number of hydrogen-bond acceptors (Lipinski definition) is 2. The fraction of sp³-hybridized carbons (Fsp3) is 0.727. The minimum atomic E-state index is -0.399. The van der Waals surface area contributed by atoms with Gasteiger partial charge in [0.25, 0.3) is 0 Å². The Morgan fingerprint density at radius 3 is 2.57 bits per heavy atom. The molecule has 3 heteroatoms. The Morgan fingerprint density at radius 2 is 2.07 bits per heavy atom. The molecule has 1 amide bonds. The van der Waals surface area contributed by atoms with Crippen molar-refractivity contribution in [2.75, 3.05) is 0 Å². The van der Waals surface area contributed by atoms with Crippen molar-refractivity contribution in [3.05, 3.63) is 12.3 Å². The smallest absolute Gasteiger partial charge is 0.414 e. The summed E-state index contributed by atoms with van der Waals surface area (Å²) in [4.78, 5) is 13.5. The summed E-state index contributed by atoms with van der Waals surface area (Å²) >= 11 is 0. The fourth-order valence-corrected chi connectivity index (χ4v) is 1.79. The van der Waals surface area contributed by atoms with Crippen LogP contribution in [-0.2, 0) is 4.74 Å². The Hall–Kier alpha value is -0.990. The van der Waals surface area contributed by atoms with Crippen LogP contribution in [0.25, 0.3) is 0 Å². The van der Waals surface area contributed by atoms with Gasteiger partial charge >= 0.3 is 6.09 Å². The van der Waals surface area contributed by atoms with Crippen molar-refractivity contribution in [1.29, 1.82) is 0 Å². The molecule has 1 aliphatic carbocycles. The summed E-state index contributed by atoms with van der Waals surface area (Å²) in [6.45, 7) is 5.68. The second-order valence-electron chi connectivity index (χ2n) is 5.16. The maximum Gasteiger partial charge on any atom is 0.414 e. The van der Waals surface area contributed by atoms with Gasteiger partial charge in [-0.2, -0.15) is 0 Å². The van der Waals surface area contributed by atoms with E-state index in [1.54, 1.807) is 4.90 Å². The van der Waals surface area contributed by atoms with Crippen molar-refractivity contribution in [2.24, 2.45) is 0 Å². The molecule has 0 N–H and O–H groups in total. The van der Waals surface area contributed by atoms with Crippen LogP contribution in [0.1, 0.15) is 40.0 Å². The SMILES string of the molecule is CC(C)(C)OC(=O)N1C=CCC12CC2. The molecule has 14 heavy (non-hydrogen) atoms. The van der Waals surface area contributed by atoms with Crippen molar-refractivity contribution >= 4 is 6.09 Å². The molecular weight excluding hydrogens is 178 g/mol. The van der Waals surface area contributed by atoms with Crippen LogP contribution in [-0.4, -0.2) is 22.1 Å². The molecule has 0 aromatic rings. The first kappa shape index (κ1) is 9.56. The first-order chi connectivity index (χ1) is 6.43. The summed E-state index contributed by atoms with van der Waals surface area (Å²) < 4.78 is 5.33. The van der Waals surface area contributed by atoms with Gasteiger partial charge in [-0.3, -0.25) is 4.90 Å². The molecule has 2 aliphatic rings. The molecule has 0 atom stereocenters. The monoisotopic (exact) mass is 195 g/mol. The van der Waals surface area contributed by atoms with Gasteiger partial charge in [-0.25, -0.2) is 4.79 Å². The highest BCUT2D eigenvalue weighted by Gasteiger charge is 2.51. The zero-order chi connectivity index (χ0) is 10.4. The quantitative estimate of drug-likeness (QED) is 0.594. The van der Waals surface area contributed by atoms with Crippen molar-refractivity contribution < 1.29 is 9.53 Å². The van der Waals surface area contributed by atoms with Crippen LogP contribution in [0.5, 0.6) is 0 Å². The number of carbonyl (C=O) groups is 1. The number of hydrogen-bond donors (Lipinski definition) is 0. The molecule has 0 saturated heterocycles. The predicted molar refractivity (Wildman–Crippen MR) is 53.8 cm³/mol. The zero-order valence-electron chi connectivity index (χ0n) is 9.04. The summed E-state index contributed by atoms with van der Waals surface area (Å²) in [5.74, 6) is 0.